The fourth-order valence-electron chi connectivity index (χ4n) is 7.09. The van der Waals surface area contributed by atoms with Crippen LogP contribution in [0.4, 0.5) is 0 Å². The Labute approximate surface area is 276 Å². The van der Waals surface area contributed by atoms with Crippen molar-refractivity contribution in [3.8, 4) is 22.3 Å². The van der Waals surface area contributed by atoms with Gasteiger partial charge in [0.15, 0.2) is 11.6 Å². The summed E-state index contributed by atoms with van der Waals surface area (Å²) in [7, 11) is 0. The highest BCUT2D eigenvalue weighted by molar-refractivity contribution is 6.32. The Morgan fingerprint density at radius 3 is 1.08 bits per heavy atom. The number of aromatic nitrogens is 2. The lowest BCUT2D eigenvalue weighted by Gasteiger charge is -2.14. The van der Waals surface area contributed by atoms with Crippen molar-refractivity contribution in [2.24, 2.45) is 0 Å². The molecule has 0 atom stereocenters. The average molecular weight is 617 g/mol. The highest BCUT2D eigenvalue weighted by atomic mass is 16.1. The second-order valence-electron chi connectivity index (χ2n) is 12.1. The zero-order valence-electron chi connectivity index (χ0n) is 25.8. The summed E-state index contributed by atoms with van der Waals surface area (Å²) in [5, 5.41) is 4.44. The van der Waals surface area contributed by atoms with Crippen LogP contribution in [0.15, 0.2) is 158 Å². The van der Waals surface area contributed by atoms with Crippen molar-refractivity contribution in [2.45, 2.75) is 0 Å². The third-order valence-corrected chi connectivity index (χ3v) is 9.36. The Kier molecular flexibility index (Phi) is 6.41. The highest BCUT2D eigenvalue weighted by Crippen LogP contribution is 2.48. The van der Waals surface area contributed by atoms with E-state index in [2.05, 4.69) is 70.6 Å². The number of carbonyl (C=O) groups is 2. The topological polar surface area (TPSA) is 65.7 Å². The number of aromatic amines is 2. The fraction of sp³-hybridized carbons (Fsp3) is 0. The summed E-state index contributed by atoms with van der Waals surface area (Å²) >= 11 is 0. The lowest BCUT2D eigenvalue weighted by atomic mass is 9.89. The van der Waals surface area contributed by atoms with Crippen molar-refractivity contribution >= 4 is 55.2 Å². The van der Waals surface area contributed by atoms with Crippen molar-refractivity contribution in [3.63, 3.8) is 0 Å². The number of carbonyl (C=O) groups excluding carboxylic acids is 2. The Bertz CT molecular complexity index is 2480. The van der Waals surface area contributed by atoms with E-state index in [-0.39, 0.29) is 11.6 Å². The molecule has 226 valence electrons. The summed E-state index contributed by atoms with van der Waals surface area (Å²) < 4.78 is 0. The number of hydrogen-bond acceptors (Lipinski definition) is 2. The van der Waals surface area contributed by atoms with Gasteiger partial charge in [-0.25, -0.2) is 0 Å². The van der Waals surface area contributed by atoms with Crippen LogP contribution in [-0.2, 0) is 0 Å². The maximum Gasteiger partial charge on any atom is 0.193 e. The van der Waals surface area contributed by atoms with Gasteiger partial charge in [-0.1, -0.05) is 146 Å². The van der Waals surface area contributed by atoms with Crippen LogP contribution in [0.3, 0.4) is 0 Å². The van der Waals surface area contributed by atoms with Crippen LogP contribution in [0.2, 0.25) is 0 Å². The van der Waals surface area contributed by atoms with E-state index in [1.54, 1.807) is 0 Å². The molecule has 0 saturated heterocycles. The van der Waals surface area contributed by atoms with Crippen LogP contribution >= 0.6 is 0 Å². The first-order chi connectivity index (χ1) is 23.7. The van der Waals surface area contributed by atoms with Crippen molar-refractivity contribution in [1.82, 2.24) is 9.97 Å². The smallest absolute Gasteiger partial charge is 0.193 e. The van der Waals surface area contributed by atoms with Crippen LogP contribution in [0.25, 0.3) is 65.9 Å². The van der Waals surface area contributed by atoms with Crippen LogP contribution in [-0.4, -0.2) is 21.5 Å². The summed E-state index contributed by atoms with van der Waals surface area (Å²) in [4.78, 5) is 34.1. The largest absolute Gasteiger partial charge is 0.354 e. The predicted molar refractivity (Wildman–Crippen MR) is 196 cm³/mol. The second kappa shape index (κ2) is 11.1. The number of hydrogen-bond donors (Lipinski definition) is 2. The molecule has 48 heavy (non-hydrogen) atoms. The first kappa shape index (κ1) is 27.8. The molecule has 2 N–H and O–H groups in total. The van der Waals surface area contributed by atoms with Crippen LogP contribution in [0.5, 0.6) is 0 Å². The third-order valence-electron chi connectivity index (χ3n) is 9.36. The molecule has 4 heteroatoms. The van der Waals surface area contributed by atoms with Gasteiger partial charge in [0.1, 0.15) is 0 Å². The Morgan fingerprint density at radius 2 is 0.688 bits per heavy atom. The van der Waals surface area contributed by atoms with Gasteiger partial charge in [0.25, 0.3) is 0 Å². The van der Waals surface area contributed by atoms with E-state index < -0.39 is 0 Å². The molecule has 0 amide bonds. The first-order valence-corrected chi connectivity index (χ1v) is 16.0. The van der Waals surface area contributed by atoms with Crippen molar-refractivity contribution in [2.75, 3.05) is 0 Å². The first-order valence-electron chi connectivity index (χ1n) is 16.0. The highest BCUT2D eigenvalue weighted by Gasteiger charge is 2.24. The van der Waals surface area contributed by atoms with Gasteiger partial charge in [0, 0.05) is 66.0 Å². The Balaban J connectivity index is 1.30. The molecule has 2 aromatic heterocycles. The van der Waals surface area contributed by atoms with Gasteiger partial charge in [-0.2, -0.15) is 0 Å². The van der Waals surface area contributed by atoms with Gasteiger partial charge < -0.3 is 9.97 Å². The normalized spacial score (nSPS) is 11.5. The van der Waals surface area contributed by atoms with Crippen molar-refractivity contribution in [1.29, 1.82) is 0 Å². The van der Waals surface area contributed by atoms with E-state index in [0.29, 0.717) is 22.3 Å². The average Bonchev–Trinajstić information content (AvgIpc) is 3.73. The monoisotopic (exact) mass is 616 g/mol. The number of benzene rings is 7. The molecule has 0 radical (unpaired) electrons. The molecule has 0 fully saturated rings. The minimum atomic E-state index is -0.000286. The van der Waals surface area contributed by atoms with Crippen LogP contribution in [0.1, 0.15) is 31.8 Å². The zero-order chi connectivity index (χ0) is 32.2. The van der Waals surface area contributed by atoms with E-state index in [9.17, 15) is 9.59 Å². The molecular weight excluding hydrogens is 588 g/mol. The summed E-state index contributed by atoms with van der Waals surface area (Å²) in [5.41, 5.74) is 10.9. The van der Waals surface area contributed by atoms with Gasteiger partial charge in [-0.05, 0) is 23.3 Å². The van der Waals surface area contributed by atoms with E-state index in [4.69, 9.17) is 0 Å². The number of nitrogens with one attached hydrogen (secondary N) is 2. The van der Waals surface area contributed by atoms with E-state index >= 15 is 0 Å². The molecular formula is C44H28N2O2. The molecule has 0 saturated carbocycles. The maximum atomic E-state index is 13.3. The molecule has 9 aromatic rings. The summed E-state index contributed by atoms with van der Waals surface area (Å²) in [6, 6.07) is 51.5. The summed E-state index contributed by atoms with van der Waals surface area (Å²) in [6.45, 7) is 0. The number of ketones is 2. The summed E-state index contributed by atoms with van der Waals surface area (Å²) in [5.74, 6) is -0.000572. The molecule has 9 rings (SSSR count). The molecule has 0 aliphatic rings. The molecule has 0 spiro atoms. The van der Waals surface area contributed by atoms with Gasteiger partial charge >= 0.3 is 0 Å². The third kappa shape index (κ3) is 4.38. The van der Waals surface area contributed by atoms with Crippen molar-refractivity contribution < 1.29 is 9.59 Å². The molecule has 0 aliphatic heterocycles. The van der Waals surface area contributed by atoms with Crippen molar-refractivity contribution in [3.05, 3.63) is 180 Å². The van der Waals surface area contributed by atoms with E-state index in [0.717, 1.165) is 65.9 Å². The van der Waals surface area contributed by atoms with Gasteiger partial charge in [-0.3, -0.25) is 9.59 Å². The Morgan fingerprint density at radius 1 is 0.354 bits per heavy atom. The standard InChI is InChI=1S/C44H28N2O2/c47-43(29-11-3-1-4-12-29)31-23-19-27(20-24-31)37-39-33-15-7-9-17-35(33)46-42(39)38(40-34-16-8-10-18-36(34)45-41(37)40)28-21-25-32(26-22-28)44(48)30-13-5-2-6-14-30/h1-26,45-46H. The summed E-state index contributed by atoms with van der Waals surface area (Å²) in [6.07, 6.45) is 0. The number of rotatable bonds is 6. The number of para-hydroxylation sites is 2. The lowest BCUT2D eigenvalue weighted by Crippen LogP contribution is -2.01. The minimum absolute atomic E-state index is 0.000286. The van der Waals surface area contributed by atoms with Crippen LogP contribution in [0, 0.1) is 0 Å². The maximum absolute atomic E-state index is 13.3. The molecule has 2 heterocycles. The second-order valence-corrected chi connectivity index (χ2v) is 12.1. The number of fused-ring (bicyclic) bond motifs is 6. The molecule has 0 aliphatic carbocycles. The van der Waals surface area contributed by atoms with Crippen LogP contribution < -0.4 is 0 Å². The van der Waals surface area contributed by atoms with Gasteiger partial charge in [-0.15, -0.1) is 0 Å². The quantitative estimate of drug-likeness (QED) is 0.183. The SMILES string of the molecule is O=C(c1ccccc1)c1ccc(-c2c3[nH]c4ccccc4c3c(-c3ccc(C(=O)c4ccccc4)cc3)c3[nH]c4ccccc4c23)cc1. The van der Waals surface area contributed by atoms with Gasteiger partial charge in [0.05, 0.1) is 11.0 Å². The Hall–Kier alpha value is -6.52. The molecule has 0 bridgehead atoms. The predicted octanol–water partition coefficient (Wildman–Crippen LogP) is 10.8. The van der Waals surface area contributed by atoms with Gasteiger partial charge in [0.2, 0.25) is 0 Å². The number of H-pyrrole nitrogens is 2. The lowest BCUT2D eigenvalue weighted by molar-refractivity contribution is 0.103. The fourth-order valence-corrected chi connectivity index (χ4v) is 7.09. The molecule has 4 nitrogen and oxygen atoms in total. The zero-order valence-corrected chi connectivity index (χ0v) is 25.8. The van der Waals surface area contributed by atoms with E-state index in [1.165, 1.54) is 0 Å². The minimum Gasteiger partial charge on any atom is -0.354 e. The molecule has 0 unspecified atom stereocenters. The molecule has 7 aromatic carbocycles. The van der Waals surface area contributed by atoms with E-state index in [1.807, 2.05) is 97.1 Å².